The number of urea groups is 1. The number of nitrogens with zero attached hydrogens (tertiary/aromatic N) is 2. The maximum atomic E-state index is 14.0. The quantitative estimate of drug-likeness (QED) is 0.0216. The van der Waals surface area contributed by atoms with Crippen molar-refractivity contribution in [1.82, 2.24) is 42.2 Å². The van der Waals surface area contributed by atoms with Crippen molar-refractivity contribution in [3.05, 3.63) is 89.6 Å². The molecule has 64 heavy (non-hydrogen) atoms. The lowest BCUT2D eigenvalue weighted by molar-refractivity contribution is -0.141. The Labute approximate surface area is 366 Å². The molecule has 1 saturated heterocycles. The fourth-order valence-electron chi connectivity index (χ4n) is 6.20. The number of pyridine rings is 1. The van der Waals surface area contributed by atoms with Crippen LogP contribution in [0.15, 0.2) is 82.9 Å². The van der Waals surface area contributed by atoms with Gasteiger partial charge < -0.3 is 48.1 Å². The lowest BCUT2D eigenvalue weighted by atomic mass is 10.0. The Hall–Kier alpha value is -7.31. The summed E-state index contributed by atoms with van der Waals surface area (Å²) in [5, 5.41) is 31.1. The van der Waals surface area contributed by atoms with Gasteiger partial charge in [-0.05, 0) is 56.0 Å². The summed E-state index contributed by atoms with van der Waals surface area (Å²) in [6, 6.07) is 10.7. The molecule has 0 spiro atoms. The summed E-state index contributed by atoms with van der Waals surface area (Å²) in [6.07, 6.45) is 1.78. The fourth-order valence-corrected chi connectivity index (χ4v) is 6.87. The van der Waals surface area contributed by atoms with E-state index in [-0.39, 0.29) is 79.4 Å². The molecule has 0 saturated carbocycles. The van der Waals surface area contributed by atoms with Crippen molar-refractivity contribution >= 4 is 69.5 Å². The van der Waals surface area contributed by atoms with Crippen LogP contribution in [0, 0.1) is 0 Å². The molecule has 1 fully saturated rings. The molecule has 12 N–H and O–H groups in total. The first-order valence-electron chi connectivity index (χ1n) is 19.8. The predicted molar refractivity (Wildman–Crippen MR) is 228 cm³/mol. The molecule has 4 rings (SSSR count). The van der Waals surface area contributed by atoms with Crippen molar-refractivity contribution in [3.8, 4) is 0 Å². The number of ketones is 1. The summed E-state index contributed by atoms with van der Waals surface area (Å²) in [7, 11) is -4.48. The average molecular weight is 908 g/mol. The second-order valence-electron chi connectivity index (χ2n) is 14.3. The van der Waals surface area contributed by atoms with Crippen LogP contribution in [0.25, 0.3) is 0 Å². The van der Waals surface area contributed by atoms with Crippen LogP contribution in [0.5, 0.6) is 0 Å². The first-order valence-corrected chi connectivity index (χ1v) is 21.3. The highest BCUT2D eigenvalue weighted by Crippen LogP contribution is 2.14. The van der Waals surface area contributed by atoms with Gasteiger partial charge in [-0.25, -0.2) is 9.78 Å². The SMILES string of the molecule is NC(=O)NCCC[C@@H]1NC(=O)[C@H](CCCNCC(=O)c2ccc(NN=Cc3ccccc3S(=O)(=O)O)nc2)NC(=O)[C@@H](Cc2ccccc2)NC(=O)[C@H](CC(=O)O)NC(=O)CNC1=O. The number of aromatic nitrogens is 1. The van der Waals surface area contributed by atoms with Crippen molar-refractivity contribution in [2.45, 2.75) is 67.6 Å². The van der Waals surface area contributed by atoms with E-state index in [2.05, 4.69) is 52.7 Å². The highest BCUT2D eigenvalue weighted by Gasteiger charge is 2.33. The minimum Gasteiger partial charge on any atom is -0.481 e. The van der Waals surface area contributed by atoms with Crippen LogP contribution in [0.3, 0.4) is 0 Å². The maximum Gasteiger partial charge on any atom is 0.312 e. The number of hydrogen-bond acceptors (Lipinski definition) is 14. The topological polar surface area (TPSA) is 359 Å². The maximum absolute atomic E-state index is 14.0. The van der Waals surface area contributed by atoms with Crippen LogP contribution < -0.4 is 48.4 Å². The Morgan fingerprint density at radius 1 is 0.797 bits per heavy atom. The third kappa shape index (κ3) is 16.5. The minimum absolute atomic E-state index is 0.0366. The molecule has 3 aromatic rings. The number of carbonyl (C=O) groups is 8. The van der Waals surface area contributed by atoms with Gasteiger partial charge >= 0.3 is 12.0 Å². The molecule has 1 aliphatic heterocycles. The first-order chi connectivity index (χ1) is 30.5. The second-order valence-corrected chi connectivity index (χ2v) is 15.7. The van der Waals surface area contributed by atoms with Gasteiger partial charge in [-0.1, -0.05) is 48.5 Å². The molecule has 23 nitrogen and oxygen atoms in total. The number of nitrogens with two attached hydrogens (primary N) is 1. The van der Waals surface area contributed by atoms with Gasteiger partial charge in [-0.3, -0.25) is 43.5 Å². The fraction of sp³-hybridized carbons (Fsp3) is 0.350. The molecule has 7 amide bonds. The van der Waals surface area contributed by atoms with Crippen molar-refractivity contribution in [1.29, 1.82) is 0 Å². The summed E-state index contributed by atoms with van der Waals surface area (Å²) < 4.78 is 32.6. The van der Waals surface area contributed by atoms with Gasteiger partial charge in [-0.2, -0.15) is 13.5 Å². The zero-order valence-corrected chi connectivity index (χ0v) is 35.1. The van der Waals surface area contributed by atoms with Gasteiger partial charge in [0.15, 0.2) is 5.78 Å². The number of carbonyl (C=O) groups excluding carboxylic acids is 7. The van der Waals surface area contributed by atoms with E-state index in [9.17, 15) is 56.4 Å². The van der Waals surface area contributed by atoms with E-state index in [4.69, 9.17) is 5.73 Å². The first kappa shape index (κ1) is 49.3. The van der Waals surface area contributed by atoms with E-state index in [1.807, 2.05) is 0 Å². The van der Waals surface area contributed by atoms with E-state index in [1.165, 1.54) is 42.7 Å². The number of aliphatic carboxylic acids is 1. The molecule has 1 aliphatic rings. The highest BCUT2D eigenvalue weighted by atomic mass is 32.2. The van der Waals surface area contributed by atoms with Crippen LogP contribution in [-0.4, -0.2) is 127 Å². The number of rotatable bonds is 19. The molecular weight excluding hydrogens is 859 g/mol. The van der Waals surface area contributed by atoms with Gasteiger partial charge in [0.2, 0.25) is 29.5 Å². The smallest absolute Gasteiger partial charge is 0.312 e. The molecule has 0 unspecified atom stereocenters. The zero-order valence-electron chi connectivity index (χ0n) is 34.2. The number of benzene rings is 2. The highest BCUT2D eigenvalue weighted by molar-refractivity contribution is 7.86. The average Bonchev–Trinajstić information content (AvgIpc) is 3.25. The summed E-state index contributed by atoms with van der Waals surface area (Å²) in [5.41, 5.74) is 8.70. The van der Waals surface area contributed by atoms with Crippen molar-refractivity contribution in [3.63, 3.8) is 0 Å². The van der Waals surface area contributed by atoms with Crippen LogP contribution in [0.2, 0.25) is 0 Å². The number of Topliss-reactive ketones (excluding diaryl/α,β-unsaturated/α-hetero) is 1. The van der Waals surface area contributed by atoms with Gasteiger partial charge in [0.1, 0.15) is 34.9 Å². The number of primary amides is 1. The molecule has 1 aromatic heterocycles. The normalized spacial score (nSPS) is 18.9. The van der Waals surface area contributed by atoms with Crippen LogP contribution in [0.1, 0.15) is 53.6 Å². The Kier molecular flexibility index (Phi) is 18.8. The third-order valence-electron chi connectivity index (χ3n) is 9.40. The third-order valence-corrected chi connectivity index (χ3v) is 10.3. The molecular formula is C40H49N11O12S. The monoisotopic (exact) mass is 907 g/mol. The van der Waals surface area contributed by atoms with Crippen LogP contribution in [0.4, 0.5) is 10.6 Å². The van der Waals surface area contributed by atoms with Crippen molar-refractivity contribution < 1.29 is 56.4 Å². The van der Waals surface area contributed by atoms with Gasteiger partial charge in [0, 0.05) is 30.3 Å². The second kappa shape index (κ2) is 24.4. The number of hydrogen-bond donors (Lipinski definition) is 11. The Morgan fingerprint density at radius 3 is 2.08 bits per heavy atom. The van der Waals surface area contributed by atoms with Gasteiger partial charge in [-0.15, -0.1) is 0 Å². The lowest BCUT2D eigenvalue weighted by Gasteiger charge is -2.26. The number of nitrogens with one attached hydrogen (secondary N) is 8. The molecule has 24 heteroatoms. The number of carboxylic acids is 1. The van der Waals surface area contributed by atoms with E-state index in [0.29, 0.717) is 5.56 Å². The standard InChI is InChI=1S/C40H49N11O12S/c41-40(60)43-17-7-12-27-36(56)45-23-34(53)47-30(19-35(54)55)39(59)50-29(18-24-8-2-1-3-9-24)38(58)49-28(37(57)48-27)11-6-16-42-22-31(52)25-14-15-33(44-20-25)51-46-21-26-10-4-5-13-32(26)64(61,62)63/h1-5,8-10,13-15,20-21,27-30,42H,6-7,11-12,16-19,22-23H2,(H,44,51)(H,45,56)(H,47,53)(H,48,57)(H,49,58)(H,50,59)(H,54,55)(H3,41,43,60)(H,61,62,63)/t27-,28-,29+,30-/m0/s1. The number of anilines is 1. The molecule has 4 atom stereocenters. The zero-order chi connectivity index (χ0) is 46.6. The Morgan fingerprint density at radius 2 is 1.42 bits per heavy atom. The Bertz CT molecular complexity index is 2300. The van der Waals surface area contributed by atoms with E-state index in [1.54, 1.807) is 36.4 Å². The van der Waals surface area contributed by atoms with E-state index < -0.39 is 88.8 Å². The largest absolute Gasteiger partial charge is 0.481 e. The van der Waals surface area contributed by atoms with Crippen LogP contribution in [-0.2, 0) is 45.3 Å². The molecule has 2 heterocycles. The predicted octanol–water partition coefficient (Wildman–Crippen LogP) is -1.44. The van der Waals surface area contributed by atoms with Gasteiger partial charge in [0.25, 0.3) is 10.1 Å². The van der Waals surface area contributed by atoms with Gasteiger partial charge in [0.05, 0.1) is 25.7 Å². The number of carboxylic acid groups (broad SMARTS) is 1. The van der Waals surface area contributed by atoms with E-state index >= 15 is 0 Å². The molecule has 0 bridgehead atoms. The molecule has 0 radical (unpaired) electrons. The minimum atomic E-state index is -4.48. The summed E-state index contributed by atoms with van der Waals surface area (Å²) in [6.45, 7) is -0.653. The Balaban J connectivity index is 1.46. The molecule has 342 valence electrons. The van der Waals surface area contributed by atoms with Crippen LogP contribution >= 0.6 is 0 Å². The van der Waals surface area contributed by atoms with Crippen molar-refractivity contribution in [2.75, 3.05) is 31.6 Å². The number of hydrazone groups is 1. The molecule has 2 aromatic carbocycles. The summed E-state index contributed by atoms with van der Waals surface area (Å²) >= 11 is 0. The summed E-state index contributed by atoms with van der Waals surface area (Å²) in [5.74, 6) is -5.94. The number of amides is 7. The van der Waals surface area contributed by atoms with E-state index in [0.717, 1.165) is 0 Å². The summed E-state index contributed by atoms with van der Waals surface area (Å²) in [4.78, 5) is 107. The lowest BCUT2D eigenvalue weighted by Crippen LogP contribution is -2.58. The molecule has 0 aliphatic carbocycles. The van der Waals surface area contributed by atoms with Crippen molar-refractivity contribution in [2.24, 2.45) is 10.8 Å².